The van der Waals surface area contributed by atoms with Crippen molar-refractivity contribution < 1.29 is 9.18 Å². The Balaban J connectivity index is 2.07. The van der Waals surface area contributed by atoms with Crippen LogP contribution in [0.15, 0.2) is 18.2 Å². The van der Waals surface area contributed by atoms with E-state index in [4.69, 9.17) is 17.3 Å². The van der Waals surface area contributed by atoms with E-state index < -0.39 is 5.82 Å². The first-order valence-electron chi connectivity index (χ1n) is 7.44. The van der Waals surface area contributed by atoms with Gasteiger partial charge in [-0.15, -0.1) is 0 Å². The molecule has 0 aromatic heterocycles. The largest absolute Gasteiger partial charge is 0.343 e. The molecule has 0 bridgehead atoms. The molecule has 0 saturated carbocycles. The third-order valence-electron chi connectivity index (χ3n) is 4.25. The van der Waals surface area contributed by atoms with Crippen molar-refractivity contribution in [1.82, 2.24) is 4.90 Å². The highest BCUT2D eigenvalue weighted by Gasteiger charge is 2.25. The first kappa shape index (κ1) is 16.2. The van der Waals surface area contributed by atoms with Crippen LogP contribution in [0, 0.1) is 11.7 Å². The standard InChI is InChI=1S/C16H22ClFN2O/c1-11-5-7-20(8-6-11)15(21)9-12(10-19)16-13(17)3-2-4-14(16)18/h2-4,11-12H,5-10,19H2,1H3. The van der Waals surface area contributed by atoms with E-state index in [9.17, 15) is 9.18 Å². The number of piperidine rings is 1. The predicted molar refractivity (Wildman–Crippen MR) is 82.8 cm³/mol. The number of carbonyl (C=O) groups is 1. The Hall–Kier alpha value is -1.13. The lowest BCUT2D eigenvalue weighted by atomic mass is 9.93. The van der Waals surface area contributed by atoms with E-state index in [1.807, 2.05) is 4.90 Å². The maximum absolute atomic E-state index is 14.0. The number of rotatable bonds is 4. The number of hydrogen-bond acceptors (Lipinski definition) is 2. The Morgan fingerprint density at radius 1 is 1.48 bits per heavy atom. The van der Waals surface area contributed by atoms with Gasteiger partial charge in [0.25, 0.3) is 0 Å². The summed E-state index contributed by atoms with van der Waals surface area (Å²) >= 11 is 6.07. The van der Waals surface area contributed by atoms with Gasteiger partial charge in [-0.1, -0.05) is 24.6 Å². The van der Waals surface area contributed by atoms with Gasteiger partial charge in [0.15, 0.2) is 0 Å². The molecular weight excluding hydrogens is 291 g/mol. The summed E-state index contributed by atoms with van der Waals surface area (Å²) in [5, 5.41) is 0.338. The van der Waals surface area contributed by atoms with E-state index in [1.54, 1.807) is 12.1 Å². The van der Waals surface area contributed by atoms with E-state index in [1.165, 1.54) is 6.07 Å². The fourth-order valence-electron chi connectivity index (χ4n) is 2.80. The number of benzene rings is 1. The normalized spacial score (nSPS) is 17.8. The highest BCUT2D eigenvalue weighted by molar-refractivity contribution is 6.31. The smallest absolute Gasteiger partial charge is 0.223 e. The van der Waals surface area contributed by atoms with Crippen LogP contribution in [0.4, 0.5) is 4.39 Å². The molecule has 1 aromatic carbocycles. The van der Waals surface area contributed by atoms with E-state index in [2.05, 4.69) is 6.92 Å². The molecular formula is C16H22ClFN2O. The van der Waals surface area contributed by atoms with Crippen molar-refractivity contribution in [2.45, 2.75) is 32.1 Å². The van der Waals surface area contributed by atoms with Crippen molar-refractivity contribution in [2.75, 3.05) is 19.6 Å². The molecule has 0 radical (unpaired) electrons. The number of likely N-dealkylation sites (tertiary alicyclic amines) is 1. The zero-order valence-corrected chi connectivity index (χ0v) is 13.1. The lowest BCUT2D eigenvalue weighted by molar-refractivity contribution is -0.132. The van der Waals surface area contributed by atoms with Crippen LogP contribution in [0.2, 0.25) is 5.02 Å². The second-order valence-corrected chi connectivity index (χ2v) is 6.24. The van der Waals surface area contributed by atoms with Gasteiger partial charge < -0.3 is 10.6 Å². The summed E-state index contributed by atoms with van der Waals surface area (Å²) < 4.78 is 14.0. The van der Waals surface area contributed by atoms with Crippen LogP contribution in [0.25, 0.3) is 0 Å². The van der Waals surface area contributed by atoms with Gasteiger partial charge in [-0.2, -0.15) is 0 Å². The van der Waals surface area contributed by atoms with Crippen molar-refractivity contribution in [3.63, 3.8) is 0 Å². The highest BCUT2D eigenvalue weighted by Crippen LogP contribution is 2.30. The molecule has 116 valence electrons. The molecule has 21 heavy (non-hydrogen) atoms. The van der Waals surface area contributed by atoms with Crippen LogP contribution >= 0.6 is 11.6 Å². The van der Waals surface area contributed by atoms with Gasteiger partial charge in [0.1, 0.15) is 5.82 Å². The third-order valence-corrected chi connectivity index (χ3v) is 4.58. The quantitative estimate of drug-likeness (QED) is 0.928. The third kappa shape index (κ3) is 3.95. The Kier molecular flexibility index (Phi) is 5.59. The maximum atomic E-state index is 14.0. The molecule has 1 aliphatic heterocycles. The minimum absolute atomic E-state index is 0.0386. The molecule has 1 unspecified atom stereocenters. The number of amides is 1. The van der Waals surface area contributed by atoms with E-state index >= 15 is 0 Å². The molecule has 5 heteroatoms. The molecule has 1 fully saturated rings. The van der Waals surface area contributed by atoms with Crippen molar-refractivity contribution in [2.24, 2.45) is 11.7 Å². The Labute approximate surface area is 130 Å². The summed E-state index contributed by atoms with van der Waals surface area (Å²) in [5.74, 6) is -0.0550. The minimum Gasteiger partial charge on any atom is -0.343 e. The Morgan fingerprint density at radius 3 is 2.71 bits per heavy atom. The van der Waals surface area contributed by atoms with E-state index in [0.29, 0.717) is 16.5 Å². The molecule has 2 N–H and O–H groups in total. The number of halogens is 2. The van der Waals surface area contributed by atoms with E-state index in [-0.39, 0.29) is 24.8 Å². The van der Waals surface area contributed by atoms with Crippen LogP contribution in [-0.4, -0.2) is 30.4 Å². The molecule has 1 atom stereocenters. The molecule has 1 aromatic rings. The first-order chi connectivity index (χ1) is 10.0. The van der Waals surface area contributed by atoms with Crippen LogP contribution in [0.3, 0.4) is 0 Å². The monoisotopic (exact) mass is 312 g/mol. The number of nitrogens with zero attached hydrogens (tertiary/aromatic N) is 1. The predicted octanol–water partition coefficient (Wildman–Crippen LogP) is 3.17. The van der Waals surface area contributed by atoms with Crippen molar-refractivity contribution in [3.8, 4) is 0 Å². The van der Waals surface area contributed by atoms with Gasteiger partial charge in [0.05, 0.1) is 0 Å². The molecule has 1 saturated heterocycles. The molecule has 1 amide bonds. The van der Waals surface area contributed by atoms with Crippen LogP contribution < -0.4 is 5.73 Å². The summed E-state index contributed by atoms with van der Waals surface area (Å²) in [6.07, 6.45) is 2.27. The molecule has 1 heterocycles. The number of carbonyl (C=O) groups excluding carboxylic acids is 1. The molecule has 0 aliphatic carbocycles. The second-order valence-electron chi connectivity index (χ2n) is 5.84. The summed E-state index contributed by atoms with van der Waals surface area (Å²) in [5.41, 5.74) is 6.11. The van der Waals surface area contributed by atoms with Crippen LogP contribution in [-0.2, 0) is 4.79 Å². The van der Waals surface area contributed by atoms with Gasteiger partial charge >= 0.3 is 0 Å². The summed E-state index contributed by atoms with van der Waals surface area (Å²) in [6.45, 7) is 3.96. The Morgan fingerprint density at radius 2 is 2.14 bits per heavy atom. The zero-order chi connectivity index (χ0) is 15.4. The van der Waals surface area contributed by atoms with Gasteiger partial charge in [0.2, 0.25) is 5.91 Å². The Bertz CT molecular complexity index is 481. The van der Waals surface area contributed by atoms with Gasteiger partial charge in [-0.25, -0.2) is 4.39 Å². The minimum atomic E-state index is -0.391. The molecule has 3 nitrogen and oxygen atoms in total. The summed E-state index contributed by atoms with van der Waals surface area (Å²) in [6, 6.07) is 4.55. The van der Waals surface area contributed by atoms with Gasteiger partial charge in [-0.3, -0.25) is 4.79 Å². The average molecular weight is 313 g/mol. The lowest BCUT2D eigenvalue weighted by Gasteiger charge is -2.31. The highest BCUT2D eigenvalue weighted by atomic mass is 35.5. The van der Waals surface area contributed by atoms with E-state index in [0.717, 1.165) is 25.9 Å². The van der Waals surface area contributed by atoms with Crippen LogP contribution in [0.5, 0.6) is 0 Å². The number of hydrogen-bond donors (Lipinski definition) is 1. The first-order valence-corrected chi connectivity index (χ1v) is 7.82. The van der Waals surface area contributed by atoms with Crippen LogP contribution in [0.1, 0.15) is 37.7 Å². The summed E-state index contributed by atoms with van der Waals surface area (Å²) in [7, 11) is 0. The molecule has 0 spiro atoms. The average Bonchev–Trinajstić information content (AvgIpc) is 2.46. The van der Waals surface area contributed by atoms with Crippen molar-refractivity contribution in [1.29, 1.82) is 0 Å². The maximum Gasteiger partial charge on any atom is 0.223 e. The van der Waals surface area contributed by atoms with Crippen molar-refractivity contribution in [3.05, 3.63) is 34.6 Å². The van der Waals surface area contributed by atoms with Gasteiger partial charge in [-0.05, 0) is 37.4 Å². The number of nitrogens with two attached hydrogens (primary N) is 1. The summed E-state index contributed by atoms with van der Waals surface area (Å²) in [4.78, 5) is 14.2. The van der Waals surface area contributed by atoms with Gasteiger partial charge in [0, 0.05) is 36.0 Å². The zero-order valence-electron chi connectivity index (χ0n) is 12.3. The molecule has 1 aliphatic rings. The second kappa shape index (κ2) is 7.23. The lowest BCUT2D eigenvalue weighted by Crippen LogP contribution is -2.39. The van der Waals surface area contributed by atoms with Crippen molar-refractivity contribution >= 4 is 17.5 Å². The SMILES string of the molecule is CC1CCN(C(=O)CC(CN)c2c(F)cccc2Cl)CC1. The fourth-order valence-corrected chi connectivity index (χ4v) is 3.12. The topological polar surface area (TPSA) is 46.3 Å². The molecule has 2 rings (SSSR count). The fraction of sp³-hybridized carbons (Fsp3) is 0.562.